The van der Waals surface area contributed by atoms with Crippen LogP contribution in [0.1, 0.15) is 20.7 Å². The van der Waals surface area contributed by atoms with Crippen LogP contribution in [0.25, 0.3) is 10.9 Å². The van der Waals surface area contributed by atoms with Crippen LogP contribution < -0.4 is 10.9 Å². The average molecular weight is 390 g/mol. The number of aromatic nitrogens is 1. The molecule has 5 nitrogen and oxygen atoms in total. The summed E-state index contributed by atoms with van der Waals surface area (Å²) >= 11 is 3.17. The molecule has 7 heteroatoms. The lowest BCUT2D eigenvalue weighted by Crippen LogP contribution is -2.41. The number of carbonyl (C=O) groups excluding carboxylic acids is 2. The zero-order chi connectivity index (χ0) is 17.3. The maximum absolute atomic E-state index is 13.7. The van der Waals surface area contributed by atoms with E-state index >= 15 is 0 Å². The number of nitrogens with one attached hydrogen (secondary N) is 2. The van der Waals surface area contributed by atoms with Gasteiger partial charge in [-0.2, -0.15) is 0 Å². The highest BCUT2D eigenvalue weighted by Gasteiger charge is 2.16. The first-order valence-corrected chi connectivity index (χ1v) is 7.86. The summed E-state index contributed by atoms with van der Waals surface area (Å²) in [4.78, 5) is 24.3. The van der Waals surface area contributed by atoms with Gasteiger partial charge in [-0.3, -0.25) is 20.4 Å². The Morgan fingerprint density at radius 1 is 1.04 bits per heavy atom. The predicted molar refractivity (Wildman–Crippen MR) is 92.0 cm³/mol. The summed E-state index contributed by atoms with van der Waals surface area (Å²) in [5.74, 6) is -1.88. The van der Waals surface area contributed by atoms with Gasteiger partial charge in [0.05, 0.1) is 11.1 Å². The van der Waals surface area contributed by atoms with Crippen LogP contribution in [0.4, 0.5) is 4.39 Å². The predicted octanol–water partition coefficient (Wildman–Crippen LogP) is 3.15. The molecular weight excluding hydrogens is 377 g/mol. The number of benzene rings is 2. The summed E-state index contributed by atoms with van der Waals surface area (Å²) in [5.41, 5.74) is 5.70. The second-order valence-corrected chi connectivity index (χ2v) is 6.12. The first-order chi connectivity index (χ1) is 11.5. The van der Waals surface area contributed by atoms with Crippen LogP contribution in [-0.4, -0.2) is 16.4 Å². The van der Waals surface area contributed by atoms with Crippen LogP contribution in [0.2, 0.25) is 0 Å². The van der Waals surface area contributed by atoms with Crippen molar-refractivity contribution < 1.29 is 14.0 Å². The van der Waals surface area contributed by atoms with Crippen molar-refractivity contribution in [3.8, 4) is 0 Å². The summed E-state index contributed by atoms with van der Waals surface area (Å²) in [6, 6.07) is 11.4. The molecule has 0 aliphatic rings. The summed E-state index contributed by atoms with van der Waals surface area (Å²) in [6.45, 7) is 0. The summed E-state index contributed by atoms with van der Waals surface area (Å²) in [6.07, 6.45) is 1.67. The highest BCUT2D eigenvalue weighted by atomic mass is 79.9. The zero-order valence-electron chi connectivity index (χ0n) is 12.6. The summed E-state index contributed by atoms with van der Waals surface area (Å²) < 4.78 is 16.1. The Morgan fingerprint density at radius 3 is 2.46 bits per heavy atom. The first-order valence-electron chi connectivity index (χ1n) is 7.07. The number of carbonyl (C=O) groups is 2. The van der Waals surface area contributed by atoms with Gasteiger partial charge in [0, 0.05) is 28.6 Å². The molecule has 24 heavy (non-hydrogen) atoms. The van der Waals surface area contributed by atoms with Gasteiger partial charge in [0.25, 0.3) is 11.8 Å². The minimum Gasteiger partial charge on any atom is -0.350 e. The van der Waals surface area contributed by atoms with Crippen molar-refractivity contribution in [2.24, 2.45) is 7.05 Å². The normalized spacial score (nSPS) is 10.6. The molecule has 1 heterocycles. The number of hydrazine groups is 1. The second kappa shape index (κ2) is 6.45. The van der Waals surface area contributed by atoms with E-state index in [9.17, 15) is 14.0 Å². The van der Waals surface area contributed by atoms with E-state index in [-0.39, 0.29) is 5.56 Å². The lowest BCUT2D eigenvalue weighted by molar-refractivity contribution is 0.0845. The molecule has 2 aromatic carbocycles. The maximum atomic E-state index is 13.7. The molecule has 0 fully saturated rings. The molecule has 0 aliphatic carbocycles. The largest absolute Gasteiger partial charge is 0.350 e. The number of fused-ring (bicyclic) bond motifs is 1. The van der Waals surface area contributed by atoms with E-state index in [2.05, 4.69) is 26.8 Å². The van der Waals surface area contributed by atoms with E-state index < -0.39 is 17.6 Å². The molecule has 0 unspecified atom stereocenters. The molecule has 0 saturated carbocycles. The van der Waals surface area contributed by atoms with Crippen molar-refractivity contribution in [3.63, 3.8) is 0 Å². The molecular formula is C17H13BrFN3O2. The lowest BCUT2D eigenvalue weighted by atomic mass is 10.2. The third kappa shape index (κ3) is 3.03. The SMILES string of the molecule is Cn1cc(C(=O)NNC(=O)c2cc(Br)ccc2F)c2ccccc21. The summed E-state index contributed by atoms with van der Waals surface area (Å²) in [7, 11) is 1.83. The third-order valence-electron chi connectivity index (χ3n) is 3.60. The number of rotatable bonds is 2. The highest BCUT2D eigenvalue weighted by molar-refractivity contribution is 9.10. The van der Waals surface area contributed by atoms with E-state index in [1.54, 1.807) is 6.20 Å². The van der Waals surface area contributed by atoms with Crippen LogP contribution in [0.5, 0.6) is 0 Å². The molecule has 122 valence electrons. The van der Waals surface area contributed by atoms with Gasteiger partial charge in [0.1, 0.15) is 5.82 Å². The van der Waals surface area contributed by atoms with Crippen LogP contribution in [0.15, 0.2) is 53.1 Å². The van der Waals surface area contributed by atoms with E-state index in [4.69, 9.17) is 0 Å². The van der Waals surface area contributed by atoms with Crippen molar-refractivity contribution in [1.29, 1.82) is 0 Å². The van der Waals surface area contributed by atoms with E-state index in [1.165, 1.54) is 18.2 Å². The Kier molecular flexibility index (Phi) is 4.35. The van der Waals surface area contributed by atoms with Crippen LogP contribution >= 0.6 is 15.9 Å². The second-order valence-electron chi connectivity index (χ2n) is 5.20. The van der Waals surface area contributed by atoms with Gasteiger partial charge in [-0.1, -0.05) is 34.1 Å². The van der Waals surface area contributed by atoms with E-state index in [0.29, 0.717) is 10.0 Å². The van der Waals surface area contributed by atoms with Gasteiger partial charge < -0.3 is 4.57 Å². The van der Waals surface area contributed by atoms with Crippen molar-refractivity contribution in [2.75, 3.05) is 0 Å². The molecule has 2 N–H and O–H groups in total. The lowest BCUT2D eigenvalue weighted by Gasteiger charge is -2.08. The van der Waals surface area contributed by atoms with Crippen LogP contribution in [-0.2, 0) is 7.05 Å². The van der Waals surface area contributed by atoms with E-state index in [1.807, 2.05) is 35.9 Å². The topological polar surface area (TPSA) is 63.1 Å². The number of hydrogen-bond acceptors (Lipinski definition) is 2. The highest BCUT2D eigenvalue weighted by Crippen LogP contribution is 2.20. The minimum atomic E-state index is -0.734. The van der Waals surface area contributed by atoms with Crippen molar-refractivity contribution >= 4 is 38.6 Å². The number of amides is 2. The van der Waals surface area contributed by atoms with Crippen molar-refractivity contribution in [1.82, 2.24) is 15.4 Å². The molecule has 0 aliphatic heterocycles. The zero-order valence-corrected chi connectivity index (χ0v) is 14.2. The van der Waals surface area contributed by atoms with Crippen molar-refractivity contribution in [2.45, 2.75) is 0 Å². The average Bonchev–Trinajstić information content (AvgIpc) is 2.92. The quantitative estimate of drug-likeness (QED) is 0.661. The van der Waals surface area contributed by atoms with Gasteiger partial charge in [0.15, 0.2) is 0 Å². The number of para-hydroxylation sites is 1. The first kappa shape index (κ1) is 16.2. The van der Waals surface area contributed by atoms with Gasteiger partial charge >= 0.3 is 0 Å². The molecule has 1 aromatic heterocycles. The van der Waals surface area contributed by atoms with Gasteiger partial charge in [-0.05, 0) is 24.3 Å². The van der Waals surface area contributed by atoms with Crippen LogP contribution in [0.3, 0.4) is 0 Å². The van der Waals surface area contributed by atoms with Crippen LogP contribution in [0, 0.1) is 5.82 Å². The number of halogens is 2. The Morgan fingerprint density at radius 2 is 1.71 bits per heavy atom. The molecule has 0 atom stereocenters. The number of hydrogen-bond donors (Lipinski definition) is 2. The third-order valence-corrected chi connectivity index (χ3v) is 4.10. The molecule has 0 spiro atoms. The monoisotopic (exact) mass is 389 g/mol. The van der Waals surface area contributed by atoms with Gasteiger partial charge in [-0.15, -0.1) is 0 Å². The fourth-order valence-electron chi connectivity index (χ4n) is 2.44. The number of nitrogens with zero attached hydrogens (tertiary/aromatic N) is 1. The van der Waals surface area contributed by atoms with Gasteiger partial charge in [0.2, 0.25) is 0 Å². The van der Waals surface area contributed by atoms with Crippen molar-refractivity contribution in [3.05, 3.63) is 70.1 Å². The van der Waals surface area contributed by atoms with E-state index in [0.717, 1.165) is 10.9 Å². The maximum Gasteiger partial charge on any atom is 0.272 e. The Hall–Kier alpha value is -2.67. The minimum absolute atomic E-state index is 0.164. The Balaban J connectivity index is 1.78. The Labute approximate surface area is 145 Å². The standard InChI is InChI=1S/C17H13BrFN3O2/c1-22-9-13(11-4-2-3-5-15(11)22)17(24)21-20-16(23)12-8-10(18)6-7-14(12)19/h2-9H,1H3,(H,20,23)(H,21,24). The smallest absolute Gasteiger partial charge is 0.272 e. The molecule has 3 aromatic rings. The molecule has 0 saturated heterocycles. The summed E-state index contributed by atoms with van der Waals surface area (Å²) in [5, 5.41) is 0.764. The fourth-order valence-corrected chi connectivity index (χ4v) is 2.80. The number of aryl methyl sites for hydroxylation is 1. The molecule has 0 radical (unpaired) electrons. The van der Waals surface area contributed by atoms with Gasteiger partial charge in [-0.25, -0.2) is 4.39 Å². The molecule has 2 amide bonds. The molecule has 3 rings (SSSR count). The molecule has 0 bridgehead atoms. The fraction of sp³-hybridized carbons (Fsp3) is 0.0588. The Bertz CT molecular complexity index is 952.